The van der Waals surface area contributed by atoms with E-state index in [9.17, 15) is 23.3 Å². The Balaban J connectivity index is 2.77. The third-order valence-corrected chi connectivity index (χ3v) is 2.60. The third kappa shape index (κ3) is 4.69. The van der Waals surface area contributed by atoms with Gasteiger partial charge in [0.25, 0.3) is 5.69 Å². The Bertz CT molecular complexity index is 464. The molecule has 0 atom stereocenters. The van der Waals surface area contributed by atoms with Crippen LogP contribution in [0.2, 0.25) is 0 Å². The van der Waals surface area contributed by atoms with Crippen molar-refractivity contribution in [3.8, 4) is 0 Å². The maximum atomic E-state index is 12.7. The van der Waals surface area contributed by atoms with E-state index in [2.05, 4.69) is 5.32 Å². The Kier molecular flexibility index (Phi) is 5.75. The van der Waals surface area contributed by atoms with E-state index in [0.29, 0.717) is 13.2 Å². The fraction of sp³-hybridized carbons (Fsp3) is 0.500. The van der Waals surface area contributed by atoms with Gasteiger partial charge in [0, 0.05) is 32.0 Å². The van der Waals surface area contributed by atoms with Crippen LogP contribution in [-0.4, -0.2) is 25.2 Å². The lowest BCUT2D eigenvalue weighted by molar-refractivity contribution is -0.388. The summed E-state index contributed by atoms with van der Waals surface area (Å²) in [5, 5.41) is 13.4. The number of hydrogen-bond donors (Lipinski definition) is 1. The predicted octanol–water partition coefficient (Wildman–Crippen LogP) is 3.45. The molecule has 0 saturated heterocycles. The molecule has 0 amide bonds. The summed E-state index contributed by atoms with van der Waals surface area (Å²) in [4.78, 5) is 9.55. The zero-order chi connectivity index (χ0) is 15.2. The average Bonchev–Trinajstić information content (AvgIpc) is 2.37. The average molecular weight is 292 g/mol. The standard InChI is InChI=1S/C12H15F3N2O3/c1-20-7-3-2-6-16-9-4-5-11(17(18)19)10(8-9)12(13,14)15/h4-5,8,16H,2-3,6-7H2,1H3. The number of ether oxygens (including phenoxy) is 1. The number of hydrogen-bond acceptors (Lipinski definition) is 4. The molecule has 20 heavy (non-hydrogen) atoms. The van der Waals surface area contributed by atoms with Crippen molar-refractivity contribution in [3.05, 3.63) is 33.9 Å². The molecule has 0 aliphatic heterocycles. The van der Waals surface area contributed by atoms with Gasteiger partial charge in [-0.3, -0.25) is 10.1 Å². The molecule has 1 aromatic carbocycles. The second kappa shape index (κ2) is 7.09. The fourth-order valence-electron chi connectivity index (χ4n) is 1.64. The zero-order valence-corrected chi connectivity index (χ0v) is 10.9. The summed E-state index contributed by atoms with van der Waals surface area (Å²) < 4.78 is 43.0. The summed E-state index contributed by atoms with van der Waals surface area (Å²) in [5.41, 5.74) is -1.98. The SMILES string of the molecule is COCCCCNc1ccc([N+](=O)[O-])c(C(F)(F)F)c1. The van der Waals surface area contributed by atoms with Crippen LogP contribution >= 0.6 is 0 Å². The van der Waals surface area contributed by atoms with E-state index in [-0.39, 0.29) is 5.69 Å². The van der Waals surface area contributed by atoms with E-state index >= 15 is 0 Å². The largest absolute Gasteiger partial charge is 0.423 e. The Morgan fingerprint density at radius 3 is 2.60 bits per heavy atom. The molecule has 0 aromatic heterocycles. The van der Waals surface area contributed by atoms with Gasteiger partial charge < -0.3 is 10.1 Å². The molecule has 5 nitrogen and oxygen atoms in total. The molecule has 0 fully saturated rings. The first-order chi connectivity index (χ1) is 9.36. The first kappa shape index (κ1) is 16.2. The molecule has 0 heterocycles. The Morgan fingerprint density at radius 2 is 2.05 bits per heavy atom. The predicted molar refractivity (Wildman–Crippen MR) is 67.7 cm³/mol. The van der Waals surface area contributed by atoms with Crippen molar-refractivity contribution in [1.29, 1.82) is 0 Å². The lowest BCUT2D eigenvalue weighted by Crippen LogP contribution is -2.10. The molecule has 0 aliphatic rings. The smallest absolute Gasteiger partial charge is 0.385 e. The molecule has 0 spiro atoms. The minimum absolute atomic E-state index is 0.209. The van der Waals surface area contributed by atoms with Gasteiger partial charge in [0.15, 0.2) is 0 Å². The second-order valence-corrected chi connectivity index (χ2v) is 4.11. The molecule has 8 heteroatoms. The maximum Gasteiger partial charge on any atom is 0.423 e. The van der Waals surface area contributed by atoms with Crippen molar-refractivity contribution in [2.75, 3.05) is 25.6 Å². The monoisotopic (exact) mass is 292 g/mol. The number of alkyl halides is 3. The number of nitro benzene ring substituents is 1. The van der Waals surface area contributed by atoms with E-state index in [4.69, 9.17) is 4.74 Å². The first-order valence-electron chi connectivity index (χ1n) is 5.94. The minimum atomic E-state index is -4.75. The first-order valence-corrected chi connectivity index (χ1v) is 5.94. The van der Waals surface area contributed by atoms with Crippen molar-refractivity contribution in [2.45, 2.75) is 19.0 Å². The molecule has 0 unspecified atom stereocenters. The second-order valence-electron chi connectivity index (χ2n) is 4.11. The van der Waals surface area contributed by atoms with E-state index in [1.807, 2.05) is 0 Å². The highest BCUT2D eigenvalue weighted by atomic mass is 19.4. The summed E-state index contributed by atoms with van der Waals surface area (Å²) in [5.74, 6) is 0. The van der Waals surface area contributed by atoms with Crippen LogP contribution in [0.15, 0.2) is 18.2 Å². The molecule has 1 N–H and O–H groups in total. The van der Waals surface area contributed by atoms with Crippen molar-refractivity contribution < 1.29 is 22.8 Å². The highest BCUT2D eigenvalue weighted by Crippen LogP contribution is 2.37. The van der Waals surface area contributed by atoms with Crippen molar-refractivity contribution >= 4 is 11.4 Å². The van der Waals surface area contributed by atoms with Gasteiger partial charge >= 0.3 is 6.18 Å². The van der Waals surface area contributed by atoms with Gasteiger partial charge in [-0.15, -0.1) is 0 Å². The summed E-state index contributed by atoms with van der Waals surface area (Å²) in [6, 6.07) is 2.89. The molecule has 112 valence electrons. The number of anilines is 1. The van der Waals surface area contributed by atoms with Gasteiger partial charge in [-0.25, -0.2) is 0 Å². The normalized spacial score (nSPS) is 11.4. The summed E-state index contributed by atoms with van der Waals surface area (Å²) in [7, 11) is 1.57. The molecule has 0 radical (unpaired) electrons. The van der Waals surface area contributed by atoms with Crippen LogP contribution in [0.5, 0.6) is 0 Å². The highest BCUT2D eigenvalue weighted by molar-refractivity contribution is 5.55. The highest BCUT2D eigenvalue weighted by Gasteiger charge is 2.38. The van der Waals surface area contributed by atoms with Gasteiger partial charge in [0.1, 0.15) is 5.56 Å². The molecule has 0 saturated carbocycles. The Hall–Kier alpha value is -1.83. The van der Waals surface area contributed by atoms with Crippen LogP contribution in [0.3, 0.4) is 0 Å². The van der Waals surface area contributed by atoms with Gasteiger partial charge in [-0.05, 0) is 25.0 Å². The number of rotatable bonds is 7. The molecular formula is C12H15F3N2O3. The van der Waals surface area contributed by atoms with Crippen LogP contribution in [0.1, 0.15) is 18.4 Å². The lowest BCUT2D eigenvalue weighted by atomic mass is 10.1. The van der Waals surface area contributed by atoms with Crippen LogP contribution in [0, 0.1) is 10.1 Å². The van der Waals surface area contributed by atoms with Crippen LogP contribution < -0.4 is 5.32 Å². The molecule has 1 aromatic rings. The number of nitrogens with one attached hydrogen (secondary N) is 1. The number of unbranched alkanes of at least 4 members (excludes halogenated alkanes) is 1. The third-order valence-electron chi connectivity index (χ3n) is 2.60. The molecule has 0 bridgehead atoms. The van der Waals surface area contributed by atoms with Crippen LogP contribution in [0.4, 0.5) is 24.5 Å². The van der Waals surface area contributed by atoms with Crippen molar-refractivity contribution in [2.24, 2.45) is 0 Å². The number of methoxy groups -OCH3 is 1. The van der Waals surface area contributed by atoms with E-state index in [1.165, 1.54) is 6.07 Å². The Labute approximate surface area is 113 Å². The van der Waals surface area contributed by atoms with E-state index < -0.39 is 22.4 Å². The van der Waals surface area contributed by atoms with Crippen LogP contribution in [-0.2, 0) is 10.9 Å². The minimum Gasteiger partial charge on any atom is -0.385 e. The van der Waals surface area contributed by atoms with E-state index in [1.54, 1.807) is 7.11 Å². The summed E-state index contributed by atoms with van der Waals surface area (Å²) >= 11 is 0. The van der Waals surface area contributed by atoms with Gasteiger partial charge in [-0.2, -0.15) is 13.2 Å². The zero-order valence-electron chi connectivity index (χ0n) is 10.9. The number of halogens is 3. The van der Waals surface area contributed by atoms with Crippen molar-refractivity contribution in [1.82, 2.24) is 0 Å². The molecular weight excluding hydrogens is 277 g/mol. The quantitative estimate of drug-likeness (QED) is 0.475. The topological polar surface area (TPSA) is 64.4 Å². The van der Waals surface area contributed by atoms with Gasteiger partial charge in [0.2, 0.25) is 0 Å². The van der Waals surface area contributed by atoms with Gasteiger partial charge in [0.05, 0.1) is 4.92 Å². The molecule has 0 aliphatic carbocycles. The number of benzene rings is 1. The fourth-order valence-corrected chi connectivity index (χ4v) is 1.64. The van der Waals surface area contributed by atoms with Crippen LogP contribution in [0.25, 0.3) is 0 Å². The van der Waals surface area contributed by atoms with Gasteiger partial charge in [-0.1, -0.05) is 0 Å². The van der Waals surface area contributed by atoms with E-state index in [0.717, 1.165) is 25.0 Å². The molecule has 1 rings (SSSR count). The lowest BCUT2D eigenvalue weighted by Gasteiger charge is -2.11. The maximum absolute atomic E-state index is 12.7. The Morgan fingerprint density at radius 1 is 1.35 bits per heavy atom. The van der Waals surface area contributed by atoms with Crippen molar-refractivity contribution in [3.63, 3.8) is 0 Å². The number of nitro groups is 1. The summed E-state index contributed by atoms with van der Waals surface area (Å²) in [6.07, 6.45) is -3.25. The summed E-state index contributed by atoms with van der Waals surface area (Å²) in [6.45, 7) is 1.05. The number of nitrogens with zero attached hydrogens (tertiary/aromatic N) is 1.